The van der Waals surface area contributed by atoms with Crippen LogP contribution in [0.4, 0.5) is 0 Å². The van der Waals surface area contributed by atoms with E-state index < -0.39 is 32.5 Å². The number of phosphoric ester groups is 1. The monoisotopic (exact) mass is 738 g/mol. The molecule has 9 nitrogen and oxygen atoms in total. The molecule has 0 aliphatic carbocycles. The van der Waals surface area contributed by atoms with Crippen molar-refractivity contribution in [3.8, 4) is 0 Å². The summed E-state index contributed by atoms with van der Waals surface area (Å²) < 4.78 is 25.7. The first kappa shape index (κ1) is 53.4. The molecule has 0 saturated carbocycles. The number of carbonyl (C=O) groups excluding carboxylic acids is 3. The molecule has 0 amide bonds. The van der Waals surface area contributed by atoms with Gasteiger partial charge in [-0.1, -0.05) is 154 Å². The van der Waals surface area contributed by atoms with Gasteiger partial charge in [0.15, 0.2) is 11.2 Å². The van der Waals surface area contributed by atoms with Gasteiger partial charge in [0.25, 0.3) is 0 Å². The van der Waals surface area contributed by atoms with Crippen LogP contribution in [0.1, 0.15) is 181 Å². The van der Waals surface area contributed by atoms with Crippen molar-refractivity contribution in [2.45, 2.75) is 187 Å². The molecule has 0 rings (SSSR count). The van der Waals surface area contributed by atoms with Crippen LogP contribution >= 0.6 is 19.6 Å². The SMILES string of the molecule is CCCCCCCCCCCCCC(=O)O[C@H](COC(=O)CCCCCCCCCCCCCCCSC(C)=O)COP(=O)([O-])[O-].[Na+].[Na+]. The largest absolute Gasteiger partial charge is 1.00 e. The average molecular weight is 739 g/mol. The molecule has 13 heteroatoms. The molecule has 0 N–H and O–H groups in total. The van der Waals surface area contributed by atoms with Gasteiger partial charge in [-0.3, -0.25) is 14.4 Å². The minimum absolute atomic E-state index is 0. The summed E-state index contributed by atoms with van der Waals surface area (Å²) in [5, 5.41) is 0.208. The summed E-state index contributed by atoms with van der Waals surface area (Å²) in [5.74, 6) is -0.0263. The Morgan fingerprint density at radius 1 is 0.583 bits per heavy atom. The Morgan fingerprint density at radius 3 is 1.35 bits per heavy atom. The summed E-state index contributed by atoms with van der Waals surface area (Å²) in [6.07, 6.45) is 26.9. The summed E-state index contributed by atoms with van der Waals surface area (Å²) in [4.78, 5) is 57.2. The van der Waals surface area contributed by atoms with Crippen LogP contribution in [0, 0.1) is 0 Å². The van der Waals surface area contributed by atoms with Crippen molar-refractivity contribution in [2.75, 3.05) is 19.0 Å². The van der Waals surface area contributed by atoms with Crippen molar-refractivity contribution in [3.05, 3.63) is 0 Å². The standard InChI is InChI=1S/C35H67O9PS.2Na/c1-3-4-5-6-7-8-12-16-19-22-25-28-35(38)44-33(31-43-45(39,40)41)30-42-34(37)27-24-21-18-15-13-10-9-11-14-17-20-23-26-29-46-32(2)36;;/h33H,3-31H2,1-2H3,(H2,39,40,41);;/q;2*+1/p-2/t33-;;/m1../s1. The Labute approximate surface area is 341 Å². The fraction of sp³-hybridized carbons (Fsp3) is 0.914. The van der Waals surface area contributed by atoms with Crippen LogP contribution in [0.2, 0.25) is 0 Å². The Balaban J connectivity index is -0.0000101. The number of ether oxygens (including phenoxy) is 2. The van der Waals surface area contributed by atoms with E-state index in [2.05, 4.69) is 11.4 Å². The molecule has 0 aromatic rings. The second kappa shape index (κ2) is 39.3. The number of unbranched alkanes of at least 4 members (excludes halogenated alkanes) is 22. The first-order valence-corrected chi connectivity index (χ1v) is 20.7. The zero-order chi connectivity index (χ0) is 34.1. The maximum absolute atomic E-state index is 12.3. The van der Waals surface area contributed by atoms with Crippen LogP contribution in [0.25, 0.3) is 0 Å². The molecule has 0 fully saturated rings. The molecule has 0 bridgehead atoms. The van der Waals surface area contributed by atoms with Gasteiger partial charge in [-0.15, -0.1) is 0 Å². The maximum atomic E-state index is 12.3. The van der Waals surface area contributed by atoms with Gasteiger partial charge in [0.2, 0.25) is 0 Å². The number of rotatable bonds is 34. The fourth-order valence-electron chi connectivity index (χ4n) is 5.26. The Hall–Kier alpha value is 1.07. The molecular formula is C35H65Na2O9PS. The molecule has 0 unspecified atom stereocenters. The summed E-state index contributed by atoms with van der Waals surface area (Å²) in [7, 11) is -5.25. The van der Waals surface area contributed by atoms with Crippen LogP contribution in [0.3, 0.4) is 0 Å². The molecule has 0 aliphatic heterocycles. The van der Waals surface area contributed by atoms with Crippen LogP contribution in [0.5, 0.6) is 0 Å². The molecule has 1 atom stereocenters. The average Bonchev–Trinajstić information content (AvgIpc) is 3.00. The molecule has 0 heterocycles. The van der Waals surface area contributed by atoms with Gasteiger partial charge in [-0.05, 0) is 19.3 Å². The minimum atomic E-state index is -5.25. The van der Waals surface area contributed by atoms with E-state index in [-0.39, 0.29) is 83.7 Å². The molecule has 48 heavy (non-hydrogen) atoms. The summed E-state index contributed by atoms with van der Waals surface area (Å²) in [5.41, 5.74) is 0. The summed E-state index contributed by atoms with van der Waals surface area (Å²) in [6, 6.07) is 0. The van der Waals surface area contributed by atoms with E-state index in [9.17, 15) is 28.7 Å². The molecule has 272 valence electrons. The van der Waals surface area contributed by atoms with Crippen LogP contribution in [-0.2, 0) is 32.9 Å². The zero-order valence-corrected chi connectivity index (χ0v) is 36.8. The topological polar surface area (TPSA) is 142 Å². The van der Waals surface area contributed by atoms with Crippen LogP contribution < -0.4 is 68.9 Å². The normalized spacial score (nSPS) is 11.8. The predicted molar refractivity (Wildman–Crippen MR) is 183 cm³/mol. The molecule has 0 aliphatic rings. The molecule has 0 spiro atoms. The number of carbonyl (C=O) groups is 3. The first-order chi connectivity index (χ1) is 22.1. The van der Waals surface area contributed by atoms with Crippen molar-refractivity contribution in [2.24, 2.45) is 0 Å². The predicted octanol–water partition coefficient (Wildman–Crippen LogP) is 2.74. The van der Waals surface area contributed by atoms with E-state index in [0.29, 0.717) is 12.8 Å². The van der Waals surface area contributed by atoms with Crippen LogP contribution in [0.15, 0.2) is 0 Å². The number of thioether (sulfide) groups is 1. The Bertz CT molecular complexity index is 802. The van der Waals surface area contributed by atoms with E-state index in [4.69, 9.17) is 9.47 Å². The van der Waals surface area contributed by atoms with Gasteiger partial charge in [-0.2, -0.15) is 0 Å². The van der Waals surface area contributed by atoms with Gasteiger partial charge >= 0.3 is 71.1 Å². The third kappa shape index (κ3) is 43.2. The summed E-state index contributed by atoms with van der Waals surface area (Å²) in [6.45, 7) is 2.83. The Kier molecular flexibility index (Phi) is 43.7. The van der Waals surface area contributed by atoms with E-state index >= 15 is 0 Å². The third-order valence-corrected chi connectivity index (χ3v) is 9.33. The minimum Gasteiger partial charge on any atom is -0.790 e. The van der Waals surface area contributed by atoms with Gasteiger partial charge < -0.3 is 28.3 Å². The molecule has 0 saturated heterocycles. The second-order valence-corrected chi connectivity index (χ2v) is 14.9. The quantitative estimate of drug-likeness (QED) is 0.0419. The molecular weight excluding hydrogens is 673 g/mol. The summed E-state index contributed by atoms with van der Waals surface area (Å²) >= 11 is 1.42. The van der Waals surface area contributed by atoms with Crippen LogP contribution in [-0.4, -0.2) is 42.1 Å². The van der Waals surface area contributed by atoms with E-state index in [1.165, 1.54) is 108 Å². The van der Waals surface area contributed by atoms with E-state index in [0.717, 1.165) is 50.7 Å². The number of phosphoric acid groups is 1. The van der Waals surface area contributed by atoms with E-state index in [1.54, 1.807) is 6.92 Å². The van der Waals surface area contributed by atoms with Gasteiger partial charge in [0, 0.05) is 25.5 Å². The molecule has 0 aromatic carbocycles. The maximum Gasteiger partial charge on any atom is 1.00 e. The fourth-order valence-corrected chi connectivity index (χ4v) is 6.24. The van der Waals surface area contributed by atoms with Crippen molar-refractivity contribution >= 4 is 36.6 Å². The van der Waals surface area contributed by atoms with Crippen molar-refractivity contribution in [3.63, 3.8) is 0 Å². The third-order valence-electron chi connectivity index (χ3n) is 7.96. The van der Waals surface area contributed by atoms with Crippen molar-refractivity contribution in [1.29, 1.82) is 0 Å². The van der Waals surface area contributed by atoms with E-state index in [1.807, 2.05) is 0 Å². The van der Waals surface area contributed by atoms with Gasteiger partial charge in [-0.25, -0.2) is 0 Å². The van der Waals surface area contributed by atoms with Crippen molar-refractivity contribution in [1.82, 2.24) is 0 Å². The van der Waals surface area contributed by atoms with Gasteiger partial charge in [0.1, 0.15) is 6.61 Å². The Morgan fingerprint density at radius 2 is 0.958 bits per heavy atom. The zero-order valence-electron chi connectivity index (χ0n) is 31.1. The molecule has 0 aromatic heterocycles. The van der Waals surface area contributed by atoms with Gasteiger partial charge in [0.05, 0.1) is 14.4 Å². The smallest absolute Gasteiger partial charge is 0.790 e. The second-order valence-electron chi connectivity index (χ2n) is 12.5. The number of hydrogen-bond acceptors (Lipinski definition) is 10. The number of hydrogen-bond donors (Lipinski definition) is 0. The number of esters is 2. The van der Waals surface area contributed by atoms with Crippen molar-refractivity contribution < 1.29 is 102 Å². The molecule has 0 radical (unpaired) electrons. The first-order valence-electron chi connectivity index (χ1n) is 18.3.